The standard InChI is InChI=1S/C13H23N3O/c1-15(11-13(17)6-3-4-7-13)8-5-12-9-14-16(2)10-12/h9-10,17H,3-8,11H2,1-2H3. The minimum absolute atomic E-state index is 0.427. The quantitative estimate of drug-likeness (QED) is 0.836. The lowest BCUT2D eigenvalue weighted by Crippen LogP contribution is -2.39. The largest absolute Gasteiger partial charge is 0.389 e. The van der Waals surface area contributed by atoms with E-state index in [1.165, 1.54) is 18.4 Å². The summed E-state index contributed by atoms with van der Waals surface area (Å²) in [4.78, 5) is 2.23. The Morgan fingerprint density at radius 3 is 2.76 bits per heavy atom. The molecule has 0 bridgehead atoms. The third-order valence-electron chi connectivity index (χ3n) is 3.64. The zero-order valence-corrected chi connectivity index (χ0v) is 10.9. The van der Waals surface area contributed by atoms with Crippen LogP contribution in [0.3, 0.4) is 0 Å². The number of aryl methyl sites for hydroxylation is 1. The topological polar surface area (TPSA) is 41.3 Å². The SMILES string of the molecule is CN(CCc1cnn(C)c1)CC1(O)CCCC1. The fourth-order valence-corrected chi connectivity index (χ4v) is 2.69. The predicted molar refractivity (Wildman–Crippen MR) is 67.8 cm³/mol. The van der Waals surface area contributed by atoms with E-state index in [0.717, 1.165) is 32.4 Å². The van der Waals surface area contributed by atoms with Crippen LogP contribution in [0.15, 0.2) is 12.4 Å². The summed E-state index contributed by atoms with van der Waals surface area (Å²) >= 11 is 0. The van der Waals surface area contributed by atoms with Crippen molar-refractivity contribution in [1.29, 1.82) is 0 Å². The maximum Gasteiger partial charge on any atom is 0.0774 e. The highest BCUT2D eigenvalue weighted by Gasteiger charge is 2.31. The Morgan fingerprint density at radius 2 is 2.18 bits per heavy atom. The summed E-state index contributed by atoms with van der Waals surface area (Å²) in [7, 11) is 4.03. The third-order valence-corrected chi connectivity index (χ3v) is 3.64. The van der Waals surface area contributed by atoms with Crippen molar-refractivity contribution < 1.29 is 5.11 Å². The Balaban J connectivity index is 1.75. The second-order valence-electron chi connectivity index (χ2n) is 5.44. The molecule has 1 heterocycles. The van der Waals surface area contributed by atoms with Crippen LogP contribution in [0.2, 0.25) is 0 Å². The summed E-state index contributed by atoms with van der Waals surface area (Å²) in [5.74, 6) is 0. The molecule has 0 spiro atoms. The van der Waals surface area contributed by atoms with Gasteiger partial charge in [0.15, 0.2) is 0 Å². The molecule has 1 aliphatic rings. The summed E-state index contributed by atoms with van der Waals surface area (Å²) in [5.41, 5.74) is 0.835. The number of rotatable bonds is 5. The number of hydrogen-bond donors (Lipinski definition) is 1. The molecule has 0 radical (unpaired) electrons. The van der Waals surface area contributed by atoms with Gasteiger partial charge in [0.05, 0.1) is 11.8 Å². The van der Waals surface area contributed by atoms with E-state index in [1.54, 1.807) is 0 Å². The highest BCUT2D eigenvalue weighted by atomic mass is 16.3. The van der Waals surface area contributed by atoms with Gasteiger partial charge in [-0.2, -0.15) is 5.10 Å². The second-order valence-corrected chi connectivity index (χ2v) is 5.44. The Hall–Kier alpha value is -0.870. The van der Waals surface area contributed by atoms with Crippen LogP contribution in [0.4, 0.5) is 0 Å². The molecule has 0 amide bonds. The lowest BCUT2D eigenvalue weighted by Gasteiger charge is -2.28. The van der Waals surface area contributed by atoms with Crippen LogP contribution in [0.5, 0.6) is 0 Å². The Labute approximate surface area is 103 Å². The third kappa shape index (κ3) is 3.54. The summed E-state index contributed by atoms with van der Waals surface area (Å²) in [6, 6.07) is 0. The molecule has 0 saturated heterocycles. The van der Waals surface area contributed by atoms with Gasteiger partial charge in [0.1, 0.15) is 0 Å². The van der Waals surface area contributed by atoms with Gasteiger partial charge in [0.25, 0.3) is 0 Å². The van der Waals surface area contributed by atoms with Crippen molar-refractivity contribution in [3.05, 3.63) is 18.0 Å². The van der Waals surface area contributed by atoms with Gasteiger partial charge < -0.3 is 10.0 Å². The van der Waals surface area contributed by atoms with Gasteiger partial charge in [-0.25, -0.2) is 0 Å². The van der Waals surface area contributed by atoms with Crippen LogP contribution in [0.25, 0.3) is 0 Å². The molecular weight excluding hydrogens is 214 g/mol. The van der Waals surface area contributed by atoms with Crippen molar-refractivity contribution in [2.75, 3.05) is 20.1 Å². The van der Waals surface area contributed by atoms with Crippen LogP contribution in [-0.2, 0) is 13.5 Å². The molecule has 96 valence electrons. The van der Waals surface area contributed by atoms with Gasteiger partial charge in [-0.1, -0.05) is 12.8 Å². The van der Waals surface area contributed by atoms with Crippen molar-refractivity contribution in [3.8, 4) is 0 Å². The van der Waals surface area contributed by atoms with Crippen molar-refractivity contribution in [1.82, 2.24) is 14.7 Å². The van der Waals surface area contributed by atoms with Crippen LogP contribution in [-0.4, -0.2) is 45.5 Å². The lowest BCUT2D eigenvalue weighted by atomic mass is 10.0. The first-order valence-corrected chi connectivity index (χ1v) is 6.46. The van der Waals surface area contributed by atoms with Crippen LogP contribution in [0.1, 0.15) is 31.2 Å². The molecule has 2 rings (SSSR count). The average molecular weight is 237 g/mol. The summed E-state index contributed by atoms with van der Waals surface area (Å²) < 4.78 is 1.83. The zero-order valence-electron chi connectivity index (χ0n) is 10.9. The van der Waals surface area contributed by atoms with Crippen LogP contribution >= 0.6 is 0 Å². The molecule has 17 heavy (non-hydrogen) atoms. The van der Waals surface area contributed by atoms with E-state index in [-0.39, 0.29) is 0 Å². The van der Waals surface area contributed by atoms with E-state index in [0.29, 0.717) is 0 Å². The number of likely N-dealkylation sites (N-methyl/N-ethyl adjacent to an activating group) is 1. The summed E-state index contributed by atoms with van der Waals surface area (Å²) in [6.07, 6.45) is 9.24. The molecule has 0 unspecified atom stereocenters. The average Bonchev–Trinajstić information content (AvgIpc) is 2.85. The highest BCUT2D eigenvalue weighted by molar-refractivity contribution is 5.04. The Kier molecular flexibility index (Phi) is 3.84. The molecule has 1 fully saturated rings. The van der Waals surface area contributed by atoms with E-state index >= 15 is 0 Å². The lowest BCUT2D eigenvalue weighted by molar-refractivity contribution is 0.0167. The van der Waals surface area contributed by atoms with Crippen molar-refractivity contribution in [2.24, 2.45) is 7.05 Å². The molecule has 4 heteroatoms. The van der Waals surface area contributed by atoms with Gasteiger partial charge in [-0.15, -0.1) is 0 Å². The molecule has 0 atom stereocenters. The maximum absolute atomic E-state index is 10.3. The zero-order chi connectivity index (χ0) is 12.3. The maximum atomic E-state index is 10.3. The molecule has 1 aliphatic carbocycles. The highest BCUT2D eigenvalue weighted by Crippen LogP contribution is 2.29. The molecule has 0 aliphatic heterocycles. The predicted octanol–water partition coefficient (Wildman–Crippen LogP) is 1.20. The molecule has 1 N–H and O–H groups in total. The van der Waals surface area contributed by atoms with Crippen LogP contribution < -0.4 is 0 Å². The molecule has 1 saturated carbocycles. The van der Waals surface area contributed by atoms with E-state index in [2.05, 4.69) is 23.2 Å². The minimum atomic E-state index is -0.427. The minimum Gasteiger partial charge on any atom is -0.389 e. The van der Waals surface area contributed by atoms with E-state index in [1.807, 2.05) is 17.9 Å². The summed E-state index contributed by atoms with van der Waals surface area (Å²) in [6.45, 7) is 1.78. The fourth-order valence-electron chi connectivity index (χ4n) is 2.69. The smallest absolute Gasteiger partial charge is 0.0774 e. The van der Waals surface area contributed by atoms with E-state index in [4.69, 9.17) is 0 Å². The number of hydrogen-bond acceptors (Lipinski definition) is 3. The molecule has 1 aromatic heterocycles. The first-order valence-electron chi connectivity index (χ1n) is 6.46. The van der Waals surface area contributed by atoms with Gasteiger partial charge in [0.2, 0.25) is 0 Å². The van der Waals surface area contributed by atoms with E-state index < -0.39 is 5.60 Å². The van der Waals surface area contributed by atoms with Crippen LogP contribution in [0, 0.1) is 0 Å². The van der Waals surface area contributed by atoms with Gasteiger partial charge in [0, 0.05) is 26.3 Å². The van der Waals surface area contributed by atoms with Gasteiger partial charge >= 0.3 is 0 Å². The molecule has 4 nitrogen and oxygen atoms in total. The number of aromatic nitrogens is 2. The summed E-state index contributed by atoms with van der Waals surface area (Å²) in [5, 5.41) is 14.5. The van der Waals surface area contributed by atoms with Crippen molar-refractivity contribution >= 4 is 0 Å². The number of nitrogens with zero attached hydrogens (tertiary/aromatic N) is 3. The number of aliphatic hydroxyl groups is 1. The fraction of sp³-hybridized carbons (Fsp3) is 0.769. The molecule has 0 aromatic carbocycles. The first-order chi connectivity index (χ1) is 8.07. The Bertz CT molecular complexity index is 355. The molecular formula is C13H23N3O. The van der Waals surface area contributed by atoms with Crippen molar-refractivity contribution in [3.63, 3.8) is 0 Å². The first kappa shape index (κ1) is 12.6. The second kappa shape index (κ2) is 5.19. The van der Waals surface area contributed by atoms with Gasteiger partial charge in [-0.05, 0) is 31.9 Å². The van der Waals surface area contributed by atoms with Crippen molar-refractivity contribution in [2.45, 2.75) is 37.7 Å². The monoisotopic (exact) mass is 237 g/mol. The normalized spacial score (nSPS) is 19.1. The molecule has 1 aromatic rings. The van der Waals surface area contributed by atoms with Gasteiger partial charge in [-0.3, -0.25) is 4.68 Å². The van der Waals surface area contributed by atoms with E-state index in [9.17, 15) is 5.11 Å². The Morgan fingerprint density at radius 1 is 1.47 bits per heavy atom.